The van der Waals surface area contributed by atoms with Crippen molar-refractivity contribution in [3.05, 3.63) is 59.9 Å². The summed E-state index contributed by atoms with van der Waals surface area (Å²) in [6, 6.07) is 15.1. The topological polar surface area (TPSA) is 15.3 Å². The molecule has 0 radical (unpaired) electrons. The Kier molecular flexibility index (Phi) is 4.99. The maximum absolute atomic E-state index is 13.8. The Morgan fingerprint density at radius 3 is 2.45 bits per heavy atom. The Balaban J connectivity index is 1.95. The van der Waals surface area contributed by atoms with Gasteiger partial charge in [0, 0.05) is 25.3 Å². The number of benzene rings is 2. The Morgan fingerprint density at radius 1 is 1.05 bits per heavy atom. The highest BCUT2D eigenvalue weighted by molar-refractivity contribution is 5.51. The first-order valence-corrected chi connectivity index (χ1v) is 7.01. The highest BCUT2D eigenvalue weighted by Crippen LogP contribution is 2.18. The van der Waals surface area contributed by atoms with Gasteiger partial charge in [-0.15, -0.1) is 0 Å². The predicted molar refractivity (Wildman–Crippen MR) is 84.0 cm³/mol. The van der Waals surface area contributed by atoms with Crippen LogP contribution in [-0.4, -0.2) is 19.6 Å². The molecule has 0 aliphatic carbocycles. The van der Waals surface area contributed by atoms with Crippen molar-refractivity contribution in [1.29, 1.82) is 0 Å². The lowest BCUT2D eigenvalue weighted by atomic mass is 10.2. The van der Waals surface area contributed by atoms with Gasteiger partial charge in [-0.05, 0) is 37.6 Å². The average Bonchev–Trinajstić information content (AvgIpc) is 2.46. The van der Waals surface area contributed by atoms with E-state index < -0.39 is 0 Å². The van der Waals surface area contributed by atoms with E-state index in [-0.39, 0.29) is 5.82 Å². The fourth-order valence-electron chi connectivity index (χ4n) is 2.25. The quantitative estimate of drug-likeness (QED) is 0.852. The number of likely N-dealkylation sites (N-methyl/N-ethyl adjacent to an activating group) is 1. The van der Waals surface area contributed by atoms with Crippen LogP contribution in [0.3, 0.4) is 0 Å². The zero-order chi connectivity index (χ0) is 14.4. The standard InChI is InChI=1S/C17H21FN2/c1-3-20(17-11-7-5-9-15(17)18)13-12-19-16-10-6-4-8-14(16)2/h4-11,19H,3,12-13H2,1-2H3. The van der Waals surface area contributed by atoms with Crippen LogP contribution in [0, 0.1) is 12.7 Å². The van der Waals surface area contributed by atoms with E-state index in [1.54, 1.807) is 6.07 Å². The first-order chi connectivity index (χ1) is 9.72. The molecule has 0 aliphatic rings. The molecule has 0 aliphatic heterocycles. The molecule has 0 saturated heterocycles. The lowest BCUT2D eigenvalue weighted by Gasteiger charge is -2.24. The van der Waals surface area contributed by atoms with Crippen LogP contribution in [-0.2, 0) is 0 Å². The molecule has 106 valence electrons. The van der Waals surface area contributed by atoms with E-state index in [1.165, 1.54) is 11.6 Å². The number of hydrogen-bond donors (Lipinski definition) is 1. The second-order valence-corrected chi connectivity index (χ2v) is 4.77. The van der Waals surface area contributed by atoms with E-state index in [0.717, 1.165) is 25.3 Å². The normalized spacial score (nSPS) is 10.3. The minimum atomic E-state index is -0.162. The number of nitrogens with one attached hydrogen (secondary N) is 1. The van der Waals surface area contributed by atoms with Gasteiger partial charge in [-0.1, -0.05) is 30.3 Å². The van der Waals surface area contributed by atoms with Crippen LogP contribution >= 0.6 is 0 Å². The van der Waals surface area contributed by atoms with Crippen molar-refractivity contribution in [3.63, 3.8) is 0 Å². The van der Waals surface area contributed by atoms with Crippen LogP contribution < -0.4 is 10.2 Å². The van der Waals surface area contributed by atoms with Crippen molar-refractivity contribution in [2.75, 3.05) is 29.9 Å². The SMILES string of the molecule is CCN(CCNc1ccccc1C)c1ccccc1F. The molecular weight excluding hydrogens is 251 g/mol. The van der Waals surface area contributed by atoms with E-state index in [4.69, 9.17) is 0 Å². The molecule has 2 aromatic carbocycles. The largest absolute Gasteiger partial charge is 0.383 e. The summed E-state index contributed by atoms with van der Waals surface area (Å²) in [4.78, 5) is 2.04. The third-order valence-corrected chi connectivity index (χ3v) is 3.42. The smallest absolute Gasteiger partial charge is 0.146 e. The first-order valence-electron chi connectivity index (χ1n) is 7.01. The fourth-order valence-corrected chi connectivity index (χ4v) is 2.25. The molecule has 0 atom stereocenters. The van der Waals surface area contributed by atoms with Crippen LogP contribution in [0.2, 0.25) is 0 Å². The zero-order valence-corrected chi connectivity index (χ0v) is 12.1. The van der Waals surface area contributed by atoms with E-state index in [0.29, 0.717) is 5.69 Å². The van der Waals surface area contributed by atoms with Crippen molar-refractivity contribution in [2.24, 2.45) is 0 Å². The van der Waals surface area contributed by atoms with Crippen molar-refractivity contribution in [3.8, 4) is 0 Å². The molecule has 3 heteroatoms. The van der Waals surface area contributed by atoms with E-state index in [9.17, 15) is 4.39 Å². The number of nitrogens with zero attached hydrogens (tertiary/aromatic N) is 1. The van der Waals surface area contributed by atoms with Gasteiger partial charge in [-0.2, -0.15) is 0 Å². The van der Waals surface area contributed by atoms with Crippen LogP contribution in [0.1, 0.15) is 12.5 Å². The Hall–Kier alpha value is -2.03. The van der Waals surface area contributed by atoms with E-state index >= 15 is 0 Å². The molecule has 0 aromatic heterocycles. The molecule has 20 heavy (non-hydrogen) atoms. The van der Waals surface area contributed by atoms with Crippen molar-refractivity contribution in [2.45, 2.75) is 13.8 Å². The summed E-state index contributed by atoms with van der Waals surface area (Å²) in [5.41, 5.74) is 3.03. The molecule has 2 nitrogen and oxygen atoms in total. The highest BCUT2D eigenvalue weighted by Gasteiger charge is 2.08. The van der Waals surface area contributed by atoms with Crippen LogP contribution in [0.4, 0.5) is 15.8 Å². The first kappa shape index (κ1) is 14.4. The molecule has 0 fully saturated rings. The second kappa shape index (κ2) is 6.94. The van der Waals surface area contributed by atoms with Gasteiger partial charge in [-0.3, -0.25) is 0 Å². The molecule has 2 rings (SSSR count). The molecule has 0 saturated carbocycles. The average molecular weight is 272 g/mol. The fraction of sp³-hybridized carbons (Fsp3) is 0.294. The summed E-state index contributed by atoms with van der Waals surface area (Å²) in [6.07, 6.45) is 0. The molecular formula is C17H21FN2. The Labute approximate surface area is 120 Å². The van der Waals surface area contributed by atoms with E-state index in [1.807, 2.05) is 36.1 Å². The molecule has 0 unspecified atom stereocenters. The number of hydrogen-bond acceptors (Lipinski definition) is 2. The number of aryl methyl sites for hydroxylation is 1. The summed E-state index contributed by atoms with van der Waals surface area (Å²) in [5, 5.41) is 3.40. The van der Waals surface area contributed by atoms with Gasteiger partial charge in [0.1, 0.15) is 5.82 Å². The lowest BCUT2D eigenvalue weighted by Crippen LogP contribution is -2.29. The molecule has 0 heterocycles. The van der Waals surface area contributed by atoms with Gasteiger partial charge >= 0.3 is 0 Å². The van der Waals surface area contributed by atoms with Gasteiger partial charge in [0.15, 0.2) is 0 Å². The molecule has 1 N–H and O–H groups in total. The maximum atomic E-state index is 13.8. The molecule has 0 bridgehead atoms. The van der Waals surface area contributed by atoms with E-state index in [2.05, 4.69) is 24.4 Å². The van der Waals surface area contributed by atoms with Crippen molar-refractivity contribution >= 4 is 11.4 Å². The van der Waals surface area contributed by atoms with Crippen LogP contribution in [0.25, 0.3) is 0 Å². The summed E-state index contributed by atoms with van der Waals surface area (Å²) in [6.45, 7) is 6.46. The van der Waals surface area contributed by atoms with Crippen LogP contribution in [0.5, 0.6) is 0 Å². The highest BCUT2D eigenvalue weighted by atomic mass is 19.1. The minimum absolute atomic E-state index is 0.162. The summed E-state index contributed by atoms with van der Waals surface area (Å²) in [7, 11) is 0. The number of para-hydroxylation sites is 2. The predicted octanol–water partition coefficient (Wildman–Crippen LogP) is 4.07. The summed E-state index contributed by atoms with van der Waals surface area (Å²) < 4.78 is 13.8. The van der Waals surface area contributed by atoms with Gasteiger partial charge in [0.05, 0.1) is 5.69 Å². The number of anilines is 2. The molecule has 0 amide bonds. The Bertz CT molecular complexity index is 554. The second-order valence-electron chi connectivity index (χ2n) is 4.77. The molecule has 2 aromatic rings. The summed E-state index contributed by atoms with van der Waals surface area (Å²) >= 11 is 0. The van der Waals surface area contributed by atoms with Gasteiger partial charge in [0.2, 0.25) is 0 Å². The third-order valence-electron chi connectivity index (χ3n) is 3.42. The van der Waals surface area contributed by atoms with Gasteiger partial charge in [0.25, 0.3) is 0 Å². The Morgan fingerprint density at radius 2 is 1.75 bits per heavy atom. The monoisotopic (exact) mass is 272 g/mol. The number of halogens is 1. The number of rotatable bonds is 6. The van der Waals surface area contributed by atoms with Crippen molar-refractivity contribution < 1.29 is 4.39 Å². The lowest BCUT2D eigenvalue weighted by molar-refractivity contribution is 0.619. The minimum Gasteiger partial charge on any atom is -0.383 e. The third kappa shape index (κ3) is 3.50. The van der Waals surface area contributed by atoms with Gasteiger partial charge in [-0.25, -0.2) is 4.39 Å². The maximum Gasteiger partial charge on any atom is 0.146 e. The van der Waals surface area contributed by atoms with Crippen molar-refractivity contribution in [1.82, 2.24) is 0 Å². The van der Waals surface area contributed by atoms with Crippen LogP contribution in [0.15, 0.2) is 48.5 Å². The molecule has 0 spiro atoms. The zero-order valence-electron chi connectivity index (χ0n) is 12.1. The summed E-state index contributed by atoms with van der Waals surface area (Å²) in [5.74, 6) is -0.162. The van der Waals surface area contributed by atoms with Gasteiger partial charge < -0.3 is 10.2 Å².